The molecule has 0 saturated carbocycles. The van der Waals surface area contributed by atoms with Gasteiger partial charge in [-0.2, -0.15) is 0 Å². The van der Waals surface area contributed by atoms with Gasteiger partial charge in [-0.25, -0.2) is 0 Å². The smallest absolute Gasteiger partial charge is 0.122 e. The van der Waals surface area contributed by atoms with Crippen molar-refractivity contribution in [3.63, 3.8) is 0 Å². The van der Waals surface area contributed by atoms with Gasteiger partial charge in [-0.15, -0.1) is 11.8 Å². The molecule has 4 nitrogen and oxygen atoms in total. The molecule has 1 aliphatic heterocycles. The molecule has 26 heavy (non-hydrogen) atoms. The molecule has 0 bridgehead atoms. The maximum atomic E-state index is 10.3. The van der Waals surface area contributed by atoms with Crippen molar-refractivity contribution < 1.29 is 9.84 Å². The summed E-state index contributed by atoms with van der Waals surface area (Å²) in [5, 5.41) is 10.3. The van der Waals surface area contributed by atoms with Gasteiger partial charge in [-0.05, 0) is 36.9 Å². The fourth-order valence-electron chi connectivity index (χ4n) is 3.32. The lowest BCUT2D eigenvalue weighted by Crippen LogP contribution is -2.49. The SMILES string of the molecule is CSc1ccccc1N1CCN(CC(O)COc2ccccc2C)CC1. The molecular weight excluding hydrogens is 344 g/mol. The van der Waals surface area contributed by atoms with Gasteiger partial charge in [-0.3, -0.25) is 4.90 Å². The summed E-state index contributed by atoms with van der Waals surface area (Å²) in [6.45, 7) is 6.91. The third-order valence-electron chi connectivity index (χ3n) is 4.79. The standard InChI is InChI=1S/C21H28N2O2S/c1-17-7-3-5-9-20(17)25-16-18(24)15-22-11-13-23(14-12-22)19-8-4-6-10-21(19)26-2/h3-10,18,24H,11-16H2,1-2H3. The summed E-state index contributed by atoms with van der Waals surface area (Å²) in [4.78, 5) is 6.09. The second-order valence-electron chi connectivity index (χ2n) is 6.69. The number of aliphatic hydroxyl groups is 1. The first kappa shape index (κ1) is 19.1. The highest BCUT2D eigenvalue weighted by Crippen LogP contribution is 2.29. The van der Waals surface area contributed by atoms with Gasteiger partial charge >= 0.3 is 0 Å². The first-order valence-corrected chi connectivity index (χ1v) is 10.4. The molecule has 3 rings (SSSR count). The number of aliphatic hydroxyl groups excluding tert-OH is 1. The van der Waals surface area contributed by atoms with Crippen molar-refractivity contribution in [2.75, 3.05) is 50.5 Å². The maximum Gasteiger partial charge on any atom is 0.122 e. The van der Waals surface area contributed by atoms with Crippen LogP contribution in [0, 0.1) is 6.92 Å². The monoisotopic (exact) mass is 372 g/mol. The average Bonchev–Trinajstić information content (AvgIpc) is 2.68. The Labute approximate surface area is 160 Å². The van der Waals surface area contributed by atoms with Crippen LogP contribution in [0.15, 0.2) is 53.4 Å². The van der Waals surface area contributed by atoms with E-state index in [9.17, 15) is 5.11 Å². The van der Waals surface area contributed by atoms with Crippen LogP contribution in [-0.2, 0) is 0 Å². The number of hydrogen-bond acceptors (Lipinski definition) is 5. The topological polar surface area (TPSA) is 35.9 Å². The van der Waals surface area contributed by atoms with Crippen LogP contribution in [0.2, 0.25) is 0 Å². The number of aryl methyl sites for hydroxylation is 1. The van der Waals surface area contributed by atoms with Crippen molar-refractivity contribution in [1.82, 2.24) is 4.90 Å². The van der Waals surface area contributed by atoms with Gasteiger partial charge in [0, 0.05) is 37.6 Å². The Balaban J connectivity index is 1.45. The van der Waals surface area contributed by atoms with Crippen LogP contribution in [0.3, 0.4) is 0 Å². The van der Waals surface area contributed by atoms with Crippen LogP contribution < -0.4 is 9.64 Å². The predicted molar refractivity (Wildman–Crippen MR) is 110 cm³/mol. The first-order chi connectivity index (χ1) is 12.7. The number of piperazine rings is 1. The molecule has 1 saturated heterocycles. The van der Waals surface area contributed by atoms with Crippen LogP contribution in [0.25, 0.3) is 0 Å². The zero-order valence-corrected chi connectivity index (χ0v) is 16.4. The zero-order valence-electron chi connectivity index (χ0n) is 15.6. The highest BCUT2D eigenvalue weighted by atomic mass is 32.2. The molecule has 1 aliphatic rings. The van der Waals surface area contributed by atoms with E-state index in [2.05, 4.69) is 40.3 Å². The molecule has 0 radical (unpaired) electrons. The van der Waals surface area contributed by atoms with E-state index >= 15 is 0 Å². The Morgan fingerprint density at radius 2 is 1.73 bits per heavy atom. The molecule has 0 spiro atoms. The van der Waals surface area contributed by atoms with Gasteiger partial charge in [0.15, 0.2) is 0 Å². The molecule has 0 amide bonds. The Kier molecular flexibility index (Phi) is 6.83. The van der Waals surface area contributed by atoms with Crippen LogP contribution >= 0.6 is 11.8 Å². The molecular formula is C21H28N2O2S. The van der Waals surface area contributed by atoms with Gasteiger partial charge in [0.05, 0.1) is 5.69 Å². The van der Waals surface area contributed by atoms with Crippen LogP contribution in [0.5, 0.6) is 5.75 Å². The van der Waals surface area contributed by atoms with Crippen molar-refractivity contribution in [2.24, 2.45) is 0 Å². The lowest BCUT2D eigenvalue weighted by atomic mass is 10.2. The summed E-state index contributed by atoms with van der Waals surface area (Å²) in [6.07, 6.45) is 1.65. The Hall–Kier alpha value is -1.69. The zero-order chi connectivity index (χ0) is 18.4. The highest BCUT2D eigenvalue weighted by molar-refractivity contribution is 7.98. The van der Waals surface area contributed by atoms with Crippen molar-refractivity contribution in [1.29, 1.82) is 0 Å². The number of anilines is 1. The maximum absolute atomic E-state index is 10.3. The summed E-state index contributed by atoms with van der Waals surface area (Å²) in [5.74, 6) is 0.852. The molecule has 0 aromatic heterocycles. The van der Waals surface area contributed by atoms with Crippen LogP contribution in [-0.4, -0.2) is 61.7 Å². The lowest BCUT2D eigenvalue weighted by molar-refractivity contribution is 0.0660. The number of benzene rings is 2. The van der Waals surface area contributed by atoms with Gasteiger partial charge < -0.3 is 14.7 Å². The van der Waals surface area contributed by atoms with Crippen molar-refractivity contribution in [3.05, 3.63) is 54.1 Å². The molecule has 5 heteroatoms. The molecule has 2 aromatic rings. The largest absolute Gasteiger partial charge is 0.491 e. The number of rotatable bonds is 7. The van der Waals surface area contributed by atoms with Crippen LogP contribution in [0.4, 0.5) is 5.69 Å². The lowest BCUT2D eigenvalue weighted by Gasteiger charge is -2.37. The summed E-state index contributed by atoms with van der Waals surface area (Å²) in [7, 11) is 0. The second-order valence-corrected chi connectivity index (χ2v) is 7.54. The number of nitrogens with zero attached hydrogens (tertiary/aromatic N) is 2. The minimum atomic E-state index is -0.473. The van der Waals surface area contributed by atoms with Gasteiger partial charge in [0.25, 0.3) is 0 Å². The van der Waals surface area contributed by atoms with E-state index < -0.39 is 6.10 Å². The summed E-state index contributed by atoms with van der Waals surface area (Å²) >= 11 is 1.79. The van der Waals surface area contributed by atoms with Gasteiger partial charge in [-0.1, -0.05) is 30.3 Å². The minimum Gasteiger partial charge on any atom is -0.491 e. The second kappa shape index (κ2) is 9.31. The highest BCUT2D eigenvalue weighted by Gasteiger charge is 2.21. The van der Waals surface area contributed by atoms with E-state index in [0.717, 1.165) is 37.5 Å². The molecule has 1 atom stereocenters. The normalized spacial score (nSPS) is 16.5. The van der Waals surface area contributed by atoms with E-state index in [-0.39, 0.29) is 0 Å². The first-order valence-electron chi connectivity index (χ1n) is 9.14. The molecule has 1 heterocycles. The van der Waals surface area contributed by atoms with Crippen LogP contribution in [0.1, 0.15) is 5.56 Å². The molecule has 1 unspecified atom stereocenters. The van der Waals surface area contributed by atoms with E-state index in [4.69, 9.17) is 4.74 Å². The van der Waals surface area contributed by atoms with Crippen molar-refractivity contribution >= 4 is 17.4 Å². The Morgan fingerprint density at radius 1 is 1.04 bits per heavy atom. The third-order valence-corrected chi connectivity index (χ3v) is 5.58. The molecule has 1 N–H and O–H groups in total. The minimum absolute atomic E-state index is 0.334. The van der Waals surface area contributed by atoms with E-state index in [1.54, 1.807) is 11.8 Å². The summed E-state index contributed by atoms with van der Waals surface area (Å²) < 4.78 is 5.77. The molecule has 1 fully saturated rings. The molecule has 140 valence electrons. The van der Waals surface area contributed by atoms with Crippen molar-refractivity contribution in [2.45, 2.75) is 17.9 Å². The number of para-hydroxylation sites is 2. The van der Waals surface area contributed by atoms with E-state index in [1.807, 2.05) is 31.2 Å². The number of ether oxygens (including phenoxy) is 1. The number of thioether (sulfide) groups is 1. The number of β-amino-alcohol motifs (C(OH)–C–C–N with tert-alkyl or cyclic N) is 1. The Morgan fingerprint density at radius 3 is 2.46 bits per heavy atom. The third kappa shape index (κ3) is 4.93. The van der Waals surface area contributed by atoms with Crippen molar-refractivity contribution in [3.8, 4) is 5.75 Å². The predicted octanol–water partition coefficient (Wildman–Crippen LogP) is 3.28. The Bertz CT molecular complexity index is 702. The summed E-state index contributed by atoms with van der Waals surface area (Å²) in [6, 6.07) is 16.5. The van der Waals surface area contributed by atoms with E-state index in [0.29, 0.717) is 13.2 Å². The summed E-state index contributed by atoms with van der Waals surface area (Å²) in [5.41, 5.74) is 2.42. The van der Waals surface area contributed by atoms with E-state index in [1.165, 1.54) is 10.6 Å². The average molecular weight is 373 g/mol. The van der Waals surface area contributed by atoms with Gasteiger partial charge in [0.2, 0.25) is 0 Å². The number of hydrogen-bond donors (Lipinski definition) is 1. The quantitative estimate of drug-likeness (QED) is 0.755. The fourth-order valence-corrected chi connectivity index (χ4v) is 3.94. The molecule has 2 aromatic carbocycles. The van der Waals surface area contributed by atoms with Gasteiger partial charge in [0.1, 0.15) is 18.5 Å². The fraction of sp³-hybridized carbons (Fsp3) is 0.429. The molecule has 0 aliphatic carbocycles.